The zero-order valence-electron chi connectivity index (χ0n) is 17.6. The quantitative estimate of drug-likeness (QED) is 0.264. The molecular formula is C28H20BrN3O. The Morgan fingerprint density at radius 3 is 2.18 bits per heavy atom. The van der Waals surface area contributed by atoms with Gasteiger partial charge in [0.2, 0.25) is 0 Å². The summed E-state index contributed by atoms with van der Waals surface area (Å²) in [7, 11) is 0. The number of carbonyl (C=O) groups excluding carboxylic acids is 1. The van der Waals surface area contributed by atoms with Crippen LogP contribution in [0.3, 0.4) is 0 Å². The lowest BCUT2D eigenvalue weighted by Gasteiger charge is -2.12. The van der Waals surface area contributed by atoms with Crippen LogP contribution in [-0.2, 0) is 0 Å². The van der Waals surface area contributed by atoms with Crippen molar-refractivity contribution in [2.75, 3.05) is 10.6 Å². The molecule has 5 rings (SSSR count). The molecule has 4 nitrogen and oxygen atoms in total. The van der Waals surface area contributed by atoms with Gasteiger partial charge in [-0.15, -0.1) is 0 Å². The fourth-order valence-electron chi connectivity index (χ4n) is 3.68. The van der Waals surface area contributed by atoms with Crippen molar-refractivity contribution in [2.24, 2.45) is 0 Å². The maximum absolute atomic E-state index is 13.3. The number of pyridine rings is 1. The lowest BCUT2D eigenvalue weighted by Crippen LogP contribution is -2.13. The van der Waals surface area contributed by atoms with Gasteiger partial charge in [0.05, 0.1) is 16.8 Å². The van der Waals surface area contributed by atoms with E-state index in [9.17, 15) is 4.79 Å². The molecule has 0 spiro atoms. The summed E-state index contributed by atoms with van der Waals surface area (Å²) < 4.78 is 0.963. The Kier molecular flexibility index (Phi) is 5.87. The van der Waals surface area contributed by atoms with Crippen LogP contribution in [0.5, 0.6) is 0 Å². The minimum absolute atomic E-state index is 0.173. The number of para-hydroxylation sites is 2. The van der Waals surface area contributed by atoms with Crippen molar-refractivity contribution in [3.63, 3.8) is 0 Å². The molecule has 0 atom stereocenters. The molecule has 0 saturated carbocycles. The molecule has 160 valence electrons. The van der Waals surface area contributed by atoms with E-state index in [1.54, 1.807) is 0 Å². The first-order chi connectivity index (χ1) is 16.2. The molecule has 1 heterocycles. The Hall–Kier alpha value is -3.96. The van der Waals surface area contributed by atoms with Crippen molar-refractivity contribution >= 4 is 49.8 Å². The Morgan fingerprint density at radius 2 is 1.39 bits per heavy atom. The summed E-state index contributed by atoms with van der Waals surface area (Å²) in [6.45, 7) is 0. The number of hydrogen-bond donors (Lipinski definition) is 2. The first kappa shape index (κ1) is 20.9. The summed E-state index contributed by atoms with van der Waals surface area (Å²) >= 11 is 3.52. The number of anilines is 3. The van der Waals surface area contributed by atoms with Crippen LogP contribution in [0.25, 0.3) is 22.2 Å². The number of fused-ring (bicyclic) bond motifs is 1. The van der Waals surface area contributed by atoms with Gasteiger partial charge in [-0.25, -0.2) is 4.98 Å². The van der Waals surface area contributed by atoms with Gasteiger partial charge in [-0.3, -0.25) is 4.79 Å². The average molecular weight is 494 g/mol. The molecule has 33 heavy (non-hydrogen) atoms. The van der Waals surface area contributed by atoms with Gasteiger partial charge in [-0.05, 0) is 60.7 Å². The Labute approximate surface area is 200 Å². The van der Waals surface area contributed by atoms with E-state index < -0.39 is 0 Å². The minimum Gasteiger partial charge on any atom is -0.356 e. The highest BCUT2D eigenvalue weighted by Crippen LogP contribution is 2.27. The highest BCUT2D eigenvalue weighted by atomic mass is 79.9. The number of nitrogens with one attached hydrogen (secondary N) is 2. The monoisotopic (exact) mass is 493 g/mol. The number of aromatic nitrogens is 1. The number of amides is 1. The van der Waals surface area contributed by atoms with Crippen LogP contribution in [-0.4, -0.2) is 10.9 Å². The van der Waals surface area contributed by atoms with Gasteiger partial charge in [-0.1, -0.05) is 64.5 Å². The van der Waals surface area contributed by atoms with Crippen molar-refractivity contribution in [1.29, 1.82) is 0 Å². The van der Waals surface area contributed by atoms with E-state index in [1.165, 1.54) is 0 Å². The first-order valence-corrected chi connectivity index (χ1v) is 11.3. The van der Waals surface area contributed by atoms with E-state index in [1.807, 2.05) is 109 Å². The molecule has 0 radical (unpaired) electrons. The predicted molar refractivity (Wildman–Crippen MR) is 139 cm³/mol. The maximum Gasteiger partial charge on any atom is 0.256 e. The van der Waals surface area contributed by atoms with Gasteiger partial charge in [-0.2, -0.15) is 0 Å². The van der Waals surface area contributed by atoms with Gasteiger partial charge >= 0.3 is 0 Å². The average Bonchev–Trinajstić information content (AvgIpc) is 2.85. The third kappa shape index (κ3) is 4.78. The third-order valence-corrected chi connectivity index (χ3v) is 5.78. The van der Waals surface area contributed by atoms with Gasteiger partial charge < -0.3 is 10.6 Å². The first-order valence-electron chi connectivity index (χ1n) is 10.5. The van der Waals surface area contributed by atoms with E-state index in [0.717, 1.165) is 43.7 Å². The normalized spacial score (nSPS) is 10.7. The fourth-order valence-corrected chi connectivity index (χ4v) is 4.08. The second-order valence-corrected chi connectivity index (χ2v) is 8.52. The number of carbonyl (C=O) groups is 1. The summed E-state index contributed by atoms with van der Waals surface area (Å²) in [6.07, 6.45) is 0. The second-order valence-electron chi connectivity index (χ2n) is 7.61. The van der Waals surface area contributed by atoms with E-state index in [-0.39, 0.29) is 5.91 Å². The molecule has 5 heteroatoms. The Bertz CT molecular complexity index is 1430. The van der Waals surface area contributed by atoms with Gasteiger partial charge in [0, 0.05) is 32.5 Å². The molecule has 0 aliphatic rings. The molecule has 1 aromatic heterocycles. The number of nitrogens with zero attached hydrogens (tertiary/aromatic N) is 1. The second kappa shape index (κ2) is 9.27. The third-order valence-electron chi connectivity index (χ3n) is 5.29. The van der Waals surface area contributed by atoms with E-state index in [2.05, 4.69) is 26.6 Å². The Balaban J connectivity index is 1.43. The highest BCUT2D eigenvalue weighted by Gasteiger charge is 2.14. The predicted octanol–water partition coefficient (Wildman–Crippen LogP) is 7.66. The number of hydrogen-bond acceptors (Lipinski definition) is 3. The molecule has 0 saturated heterocycles. The molecule has 5 aromatic rings. The van der Waals surface area contributed by atoms with Crippen molar-refractivity contribution in [1.82, 2.24) is 4.98 Å². The van der Waals surface area contributed by atoms with Crippen molar-refractivity contribution in [3.05, 3.63) is 119 Å². The van der Waals surface area contributed by atoms with Gasteiger partial charge in [0.1, 0.15) is 0 Å². The van der Waals surface area contributed by atoms with Crippen LogP contribution >= 0.6 is 15.9 Å². The molecule has 0 unspecified atom stereocenters. The van der Waals surface area contributed by atoms with Crippen LogP contribution in [0.4, 0.5) is 17.1 Å². The van der Waals surface area contributed by atoms with Crippen LogP contribution in [0.15, 0.2) is 114 Å². The van der Waals surface area contributed by atoms with Crippen LogP contribution in [0.2, 0.25) is 0 Å². The molecule has 4 aromatic carbocycles. The number of rotatable bonds is 5. The zero-order chi connectivity index (χ0) is 22.6. The van der Waals surface area contributed by atoms with Crippen molar-refractivity contribution < 1.29 is 4.79 Å². The molecule has 1 amide bonds. The van der Waals surface area contributed by atoms with Crippen molar-refractivity contribution in [2.45, 2.75) is 0 Å². The summed E-state index contributed by atoms with van der Waals surface area (Å²) in [5.41, 5.74) is 5.75. The van der Waals surface area contributed by atoms with E-state index >= 15 is 0 Å². The summed E-state index contributed by atoms with van der Waals surface area (Å²) in [6, 6.07) is 35.1. The SMILES string of the molecule is O=C(Nc1ccc(Nc2ccccc2)cc1)c1cc(-c2cccc(Br)c2)nc2ccccc12. The lowest BCUT2D eigenvalue weighted by molar-refractivity contribution is 0.102. The highest BCUT2D eigenvalue weighted by molar-refractivity contribution is 9.10. The molecule has 2 N–H and O–H groups in total. The van der Waals surface area contributed by atoms with E-state index in [0.29, 0.717) is 5.56 Å². The molecule has 0 aliphatic heterocycles. The van der Waals surface area contributed by atoms with E-state index in [4.69, 9.17) is 4.98 Å². The van der Waals surface area contributed by atoms with Gasteiger partial charge in [0.15, 0.2) is 0 Å². The molecular weight excluding hydrogens is 474 g/mol. The minimum atomic E-state index is -0.173. The summed E-state index contributed by atoms with van der Waals surface area (Å²) in [5, 5.41) is 7.19. The lowest BCUT2D eigenvalue weighted by atomic mass is 10.0. The summed E-state index contributed by atoms with van der Waals surface area (Å²) in [4.78, 5) is 18.1. The molecule has 0 bridgehead atoms. The standard InChI is InChI=1S/C28H20BrN3O/c29-20-8-6-7-19(17-20)27-18-25(24-11-4-5-12-26(24)32-27)28(33)31-23-15-13-22(14-16-23)30-21-9-2-1-3-10-21/h1-18,30H,(H,31,33). The molecule has 0 fully saturated rings. The number of halogens is 1. The van der Waals surface area contributed by atoms with Crippen LogP contribution < -0.4 is 10.6 Å². The summed E-state index contributed by atoms with van der Waals surface area (Å²) in [5.74, 6) is -0.173. The topological polar surface area (TPSA) is 54.0 Å². The largest absolute Gasteiger partial charge is 0.356 e. The smallest absolute Gasteiger partial charge is 0.256 e. The zero-order valence-corrected chi connectivity index (χ0v) is 19.2. The van der Waals surface area contributed by atoms with Gasteiger partial charge in [0.25, 0.3) is 5.91 Å². The van der Waals surface area contributed by atoms with Crippen LogP contribution in [0.1, 0.15) is 10.4 Å². The van der Waals surface area contributed by atoms with Crippen molar-refractivity contribution in [3.8, 4) is 11.3 Å². The van der Waals surface area contributed by atoms with Crippen LogP contribution in [0, 0.1) is 0 Å². The maximum atomic E-state index is 13.3. The number of benzene rings is 4. The molecule has 0 aliphatic carbocycles. The fraction of sp³-hybridized carbons (Fsp3) is 0. The Morgan fingerprint density at radius 1 is 0.697 bits per heavy atom.